The minimum atomic E-state index is 0. The molecule has 2 aromatic carbocycles. The highest BCUT2D eigenvalue weighted by atomic mass is 127. The predicted molar refractivity (Wildman–Crippen MR) is 121 cm³/mol. The minimum Gasteiger partial charge on any atom is -0.506 e. The van der Waals surface area contributed by atoms with Gasteiger partial charge in [-0.2, -0.15) is 0 Å². The number of guanidine groups is 1. The number of hydrogen-bond acceptors (Lipinski definition) is 4. The van der Waals surface area contributed by atoms with E-state index in [-0.39, 0.29) is 24.0 Å². The Morgan fingerprint density at radius 3 is 2.33 bits per heavy atom. The molecule has 0 amide bonds. The smallest absolute Gasteiger partial charge is 0.194 e. The van der Waals surface area contributed by atoms with Crippen molar-refractivity contribution in [2.75, 3.05) is 45.2 Å². The summed E-state index contributed by atoms with van der Waals surface area (Å²) in [4.78, 5) is 8.88. The Morgan fingerprint density at radius 2 is 1.74 bits per heavy atom. The molecule has 0 atom stereocenters. The van der Waals surface area contributed by atoms with E-state index in [0.29, 0.717) is 5.75 Å². The number of anilines is 1. The van der Waals surface area contributed by atoms with Crippen LogP contribution < -0.4 is 15.0 Å². The number of rotatable bonds is 4. The molecule has 0 saturated carbocycles. The number of halogens is 1. The van der Waals surface area contributed by atoms with Gasteiger partial charge in [-0.3, -0.25) is 4.99 Å². The van der Waals surface area contributed by atoms with Crippen LogP contribution in [0.1, 0.15) is 5.56 Å². The number of benzene rings is 2. The van der Waals surface area contributed by atoms with Gasteiger partial charge >= 0.3 is 0 Å². The van der Waals surface area contributed by atoms with Crippen molar-refractivity contribution < 1.29 is 9.84 Å². The van der Waals surface area contributed by atoms with E-state index in [0.717, 1.165) is 50.1 Å². The number of aromatic hydroxyl groups is 1. The van der Waals surface area contributed by atoms with Gasteiger partial charge in [-0.15, -0.1) is 24.0 Å². The maximum atomic E-state index is 10.0. The lowest BCUT2D eigenvalue weighted by molar-refractivity contribution is 0.369. The normalized spacial score (nSPS) is 14.5. The summed E-state index contributed by atoms with van der Waals surface area (Å²) in [6.07, 6.45) is 0. The fourth-order valence-electron chi connectivity index (χ4n) is 3.15. The molecule has 2 N–H and O–H groups in total. The Bertz CT molecular complexity index is 744. The topological polar surface area (TPSA) is 60.3 Å². The van der Waals surface area contributed by atoms with Gasteiger partial charge in [0.15, 0.2) is 5.96 Å². The fraction of sp³-hybridized carbons (Fsp3) is 0.350. The lowest BCUT2D eigenvalue weighted by Gasteiger charge is -2.37. The third-order valence-electron chi connectivity index (χ3n) is 4.62. The molecule has 7 heteroatoms. The molecular formula is C20H27IN4O2. The summed E-state index contributed by atoms with van der Waals surface area (Å²) in [5, 5.41) is 13.5. The number of piperazine rings is 1. The van der Waals surface area contributed by atoms with Crippen molar-refractivity contribution in [1.29, 1.82) is 0 Å². The van der Waals surface area contributed by atoms with E-state index in [2.05, 4.69) is 32.2 Å². The molecule has 1 saturated heterocycles. The van der Waals surface area contributed by atoms with Gasteiger partial charge in [-0.1, -0.05) is 24.3 Å². The third kappa shape index (κ3) is 5.41. The Balaban J connectivity index is 0.00000261. The Labute approximate surface area is 177 Å². The van der Waals surface area contributed by atoms with E-state index in [9.17, 15) is 5.11 Å². The highest BCUT2D eigenvalue weighted by Crippen LogP contribution is 2.27. The number of ether oxygens (including phenoxy) is 1. The van der Waals surface area contributed by atoms with Gasteiger partial charge in [-0.25, -0.2) is 0 Å². The number of aliphatic imine (C=N–C) groups is 1. The molecule has 0 aromatic heterocycles. The number of phenols is 1. The van der Waals surface area contributed by atoms with Crippen LogP contribution in [-0.4, -0.2) is 56.3 Å². The lowest BCUT2D eigenvalue weighted by atomic mass is 10.2. The van der Waals surface area contributed by atoms with Crippen molar-refractivity contribution in [3.63, 3.8) is 0 Å². The fourth-order valence-corrected chi connectivity index (χ4v) is 3.15. The molecule has 1 aliphatic rings. The van der Waals surface area contributed by atoms with Gasteiger partial charge in [0.05, 0.1) is 12.8 Å². The zero-order valence-corrected chi connectivity index (χ0v) is 18.1. The molecule has 1 fully saturated rings. The molecule has 27 heavy (non-hydrogen) atoms. The second-order valence-corrected chi connectivity index (χ2v) is 6.21. The summed E-state index contributed by atoms with van der Waals surface area (Å²) in [6.45, 7) is 4.13. The Hall–Kier alpha value is -2.16. The first-order chi connectivity index (χ1) is 12.7. The van der Waals surface area contributed by atoms with Crippen molar-refractivity contribution in [3.05, 3.63) is 54.1 Å². The molecule has 3 rings (SSSR count). The summed E-state index contributed by atoms with van der Waals surface area (Å²) in [5.41, 5.74) is 2.08. The molecule has 0 unspecified atom stereocenters. The number of nitrogens with zero attached hydrogens (tertiary/aromatic N) is 3. The number of hydrogen-bond donors (Lipinski definition) is 2. The monoisotopic (exact) mass is 482 g/mol. The molecule has 0 aliphatic carbocycles. The van der Waals surface area contributed by atoms with Crippen molar-refractivity contribution in [1.82, 2.24) is 10.2 Å². The SMILES string of the molecule is CN=C(NCc1ccc(OC)cc1)N1CCN(c2ccccc2O)CC1.I. The van der Waals surface area contributed by atoms with Crippen LogP contribution in [0.4, 0.5) is 5.69 Å². The highest BCUT2D eigenvalue weighted by Gasteiger charge is 2.21. The first-order valence-corrected chi connectivity index (χ1v) is 8.82. The average molecular weight is 482 g/mol. The van der Waals surface area contributed by atoms with E-state index in [4.69, 9.17) is 4.74 Å². The molecule has 0 spiro atoms. The Morgan fingerprint density at radius 1 is 1.07 bits per heavy atom. The van der Waals surface area contributed by atoms with E-state index in [1.165, 1.54) is 5.56 Å². The maximum absolute atomic E-state index is 10.0. The number of para-hydroxylation sites is 2. The number of nitrogens with one attached hydrogen (secondary N) is 1. The summed E-state index contributed by atoms with van der Waals surface area (Å²) in [6, 6.07) is 15.5. The van der Waals surface area contributed by atoms with Crippen molar-refractivity contribution in [2.24, 2.45) is 4.99 Å². The van der Waals surface area contributed by atoms with Gasteiger partial charge < -0.3 is 25.0 Å². The van der Waals surface area contributed by atoms with Crippen LogP contribution in [0.2, 0.25) is 0 Å². The van der Waals surface area contributed by atoms with Crippen LogP contribution in [0.15, 0.2) is 53.5 Å². The van der Waals surface area contributed by atoms with Gasteiger partial charge in [0.25, 0.3) is 0 Å². The van der Waals surface area contributed by atoms with Gasteiger partial charge in [0.1, 0.15) is 11.5 Å². The van der Waals surface area contributed by atoms with Crippen LogP contribution in [0.25, 0.3) is 0 Å². The van der Waals surface area contributed by atoms with Crippen molar-refractivity contribution in [2.45, 2.75) is 6.54 Å². The zero-order valence-electron chi connectivity index (χ0n) is 15.8. The summed E-state index contributed by atoms with van der Waals surface area (Å²) >= 11 is 0. The predicted octanol–water partition coefficient (Wildman–Crippen LogP) is 2.92. The van der Waals surface area contributed by atoms with E-state index >= 15 is 0 Å². The molecule has 6 nitrogen and oxygen atoms in total. The van der Waals surface area contributed by atoms with E-state index in [1.54, 1.807) is 13.2 Å². The van der Waals surface area contributed by atoms with Crippen molar-refractivity contribution >= 4 is 35.6 Å². The quantitative estimate of drug-likeness (QED) is 0.399. The van der Waals surface area contributed by atoms with Crippen LogP contribution >= 0.6 is 24.0 Å². The van der Waals surface area contributed by atoms with Crippen LogP contribution in [0.5, 0.6) is 11.5 Å². The molecule has 0 radical (unpaired) electrons. The Kier molecular flexibility index (Phi) is 8.02. The lowest BCUT2D eigenvalue weighted by Crippen LogP contribution is -2.52. The standard InChI is InChI=1S/C20H26N4O2.HI/c1-21-20(22-15-16-7-9-17(26-2)10-8-16)24-13-11-23(12-14-24)18-5-3-4-6-19(18)25;/h3-10,25H,11-15H2,1-2H3,(H,21,22);1H. The minimum absolute atomic E-state index is 0. The molecule has 1 heterocycles. The first kappa shape index (κ1) is 21.1. The summed E-state index contributed by atoms with van der Waals surface area (Å²) in [5.74, 6) is 2.10. The third-order valence-corrected chi connectivity index (χ3v) is 4.62. The van der Waals surface area contributed by atoms with Crippen LogP contribution in [-0.2, 0) is 6.54 Å². The second-order valence-electron chi connectivity index (χ2n) is 6.21. The molecule has 0 bridgehead atoms. The molecular weight excluding hydrogens is 455 g/mol. The summed E-state index contributed by atoms with van der Waals surface area (Å²) < 4.78 is 5.19. The molecule has 1 aliphatic heterocycles. The molecule has 146 valence electrons. The largest absolute Gasteiger partial charge is 0.506 e. The average Bonchev–Trinajstić information content (AvgIpc) is 2.70. The summed E-state index contributed by atoms with van der Waals surface area (Å²) in [7, 11) is 3.48. The maximum Gasteiger partial charge on any atom is 0.194 e. The van der Waals surface area contributed by atoms with Gasteiger partial charge in [0, 0.05) is 39.8 Å². The van der Waals surface area contributed by atoms with E-state index in [1.807, 2.05) is 37.4 Å². The molecule has 2 aromatic rings. The first-order valence-electron chi connectivity index (χ1n) is 8.82. The second kappa shape index (κ2) is 10.2. The zero-order chi connectivity index (χ0) is 18.4. The van der Waals surface area contributed by atoms with Gasteiger partial charge in [0.2, 0.25) is 0 Å². The highest BCUT2D eigenvalue weighted by molar-refractivity contribution is 14.0. The van der Waals surface area contributed by atoms with Gasteiger partial charge in [-0.05, 0) is 29.8 Å². The van der Waals surface area contributed by atoms with E-state index < -0.39 is 0 Å². The van der Waals surface area contributed by atoms with Crippen LogP contribution in [0.3, 0.4) is 0 Å². The number of phenolic OH excluding ortho intramolecular Hbond substituents is 1. The number of methoxy groups -OCH3 is 1. The van der Waals surface area contributed by atoms with Crippen molar-refractivity contribution in [3.8, 4) is 11.5 Å². The van der Waals surface area contributed by atoms with Crippen LogP contribution in [0, 0.1) is 0 Å².